The van der Waals surface area contributed by atoms with Crippen molar-refractivity contribution in [3.8, 4) is 0 Å². The van der Waals surface area contributed by atoms with Crippen LogP contribution >= 0.6 is 11.6 Å². The van der Waals surface area contributed by atoms with E-state index >= 15 is 0 Å². The van der Waals surface area contributed by atoms with Crippen LogP contribution < -0.4 is 0 Å². The monoisotopic (exact) mass is 347 g/mol. The van der Waals surface area contributed by atoms with Crippen molar-refractivity contribution in [2.24, 2.45) is 7.05 Å². The molecule has 1 amide bonds. The summed E-state index contributed by atoms with van der Waals surface area (Å²) in [7, 11) is 1.79. The Morgan fingerprint density at radius 1 is 1.38 bits per heavy atom. The first-order chi connectivity index (χ1) is 11.3. The smallest absolute Gasteiger partial charge is 0.272 e. The van der Waals surface area contributed by atoms with Gasteiger partial charge in [0.25, 0.3) is 5.91 Å². The maximum atomic E-state index is 13.1. The molecule has 0 unspecified atom stereocenters. The van der Waals surface area contributed by atoms with Crippen molar-refractivity contribution in [3.63, 3.8) is 0 Å². The number of hydrogen-bond acceptors (Lipinski definition) is 3. The Labute approximate surface area is 147 Å². The molecule has 128 valence electrons. The Kier molecular flexibility index (Phi) is 4.40. The van der Waals surface area contributed by atoms with Crippen LogP contribution in [0.5, 0.6) is 0 Å². The van der Waals surface area contributed by atoms with Crippen LogP contribution in [-0.2, 0) is 11.8 Å². The second kappa shape index (κ2) is 6.22. The van der Waals surface area contributed by atoms with Crippen molar-refractivity contribution in [2.45, 2.75) is 32.4 Å². The molecule has 2 aromatic rings. The number of rotatable bonds is 2. The summed E-state index contributed by atoms with van der Waals surface area (Å²) in [5.74, 6) is -0.0385. The minimum absolute atomic E-state index is 0.0385. The summed E-state index contributed by atoms with van der Waals surface area (Å²) in [5.41, 5.74) is 1.93. The SMILES string of the molecule is Cc1cc(C(=O)N2C[C@@H](c3ccccc3Cl)OCC2(C)C)n(C)n1. The molecule has 1 aliphatic heterocycles. The minimum atomic E-state index is -0.396. The molecular formula is C18H22ClN3O2. The number of hydrogen-bond donors (Lipinski definition) is 0. The van der Waals surface area contributed by atoms with Crippen LogP contribution in [-0.4, -0.2) is 39.3 Å². The van der Waals surface area contributed by atoms with E-state index in [0.717, 1.165) is 11.3 Å². The van der Waals surface area contributed by atoms with Gasteiger partial charge in [0.2, 0.25) is 0 Å². The number of carbonyl (C=O) groups is 1. The number of amides is 1. The van der Waals surface area contributed by atoms with E-state index in [9.17, 15) is 4.79 Å². The Bertz CT molecular complexity index is 769. The fourth-order valence-electron chi connectivity index (χ4n) is 3.08. The number of carbonyl (C=O) groups excluding carboxylic acids is 1. The molecule has 6 heteroatoms. The van der Waals surface area contributed by atoms with Crippen molar-refractivity contribution < 1.29 is 9.53 Å². The quantitative estimate of drug-likeness (QED) is 0.836. The highest BCUT2D eigenvalue weighted by atomic mass is 35.5. The van der Waals surface area contributed by atoms with Gasteiger partial charge in [-0.05, 0) is 32.9 Å². The lowest BCUT2D eigenvalue weighted by atomic mass is 9.97. The van der Waals surface area contributed by atoms with Gasteiger partial charge in [-0.2, -0.15) is 5.10 Å². The van der Waals surface area contributed by atoms with Crippen LogP contribution in [0.4, 0.5) is 0 Å². The van der Waals surface area contributed by atoms with E-state index in [4.69, 9.17) is 16.3 Å². The standard InChI is InChI=1S/C18H22ClN3O2/c1-12-9-15(21(4)20-12)17(23)22-10-16(24-11-18(22,2)3)13-7-5-6-8-14(13)19/h5-9,16H,10-11H2,1-4H3/t16-/m0/s1. The molecule has 1 aromatic heterocycles. The average Bonchev–Trinajstić information content (AvgIpc) is 2.86. The molecule has 0 saturated carbocycles. The molecule has 0 radical (unpaired) electrons. The summed E-state index contributed by atoms with van der Waals surface area (Å²) >= 11 is 6.30. The Hall–Kier alpha value is -1.85. The summed E-state index contributed by atoms with van der Waals surface area (Å²) in [6.07, 6.45) is -0.231. The van der Waals surface area contributed by atoms with Crippen LogP contribution in [0.2, 0.25) is 5.02 Å². The number of nitrogens with zero attached hydrogens (tertiary/aromatic N) is 3. The summed E-state index contributed by atoms with van der Waals surface area (Å²) in [6, 6.07) is 9.43. The average molecular weight is 348 g/mol. The zero-order valence-electron chi connectivity index (χ0n) is 14.4. The maximum absolute atomic E-state index is 13.1. The van der Waals surface area contributed by atoms with Crippen LogP contribution in [0.1, 0.15) is 41.7 Å². The van der Waals surface area contributed by atoms with E-state index in [1.165, 1.54) is 0 Å². The normalized spacial score (nSPS) is 20.2. The van der Waals surface area contributed by atoms with Gasteiger partial charge in [0.1, 0.15) is 11.8 Å². The number of aryl methyl sites for hydroxylation is 2. The Morgan fingerprint density at radius 2 is 2.08 bits per heavy atom. The largest absolute Gasteiger partial charge is 0.369 e. The molecule has 1 aromatic carbocycles. The molecule has 0 bridgehead atoms. The highest BCUT2D eigenvalue weighted by Gasteiger charge is 2.40. The first-order valence-corrected chi connectivity index (χ1v) is 8.36. The van der Waals surface area contributed by atoms with E-state index in [-0.39, 0.29) is 12.0 Å². The summed E-state index contributed by atoms with van der Waals surface area (Å²) in [4.78, 5) is 14.9. The maximum Gasteiger partial charge on any atom is 0.272 e. The van der Waals surface area contributed by atoms with Gasteiger partial charge in [-0.1, -0.05) is 29.8 Å². The molecule has 0 spiro atoms. The molecule has 3 rings (SSSR count). The van der Waals surface area contributed by atoms with E-state index in [0.29, 0.717) is 23.9 Å². The molecule has 1 saturated heterocycles. The van der Waals surface area contributed by atoms with Crippen LogP contribution in [0.3, 0.4) is 0 Å². The second-order valence-corrected chi connectivity index (χ2v) is 7.25. The number of morpholine rings is 1. The second-order valence-electron chi connectivity index (χ2n) is 6.84. The van der Waals surface area contributed by atoms with Crippen molar-refractivity contribution >= 4 is 17.5 Å². The lowest BCUT2D eigenvalue weighted by Crippen LogP contribution is -2.56. The van der Waals surface area contributed by atoms with Gasteiger partial charge in [-0.15, -0.1) is 0 Å². The van der Waals surface area contributed by atoms with Gasteiger partial charge in [-0.3, -0.25) is 9.48 Å². The van der Waals surface area contributed by atoms with Crippen LogP contribution in [0, 0.1) is 6.92 Å². The number of aromatic nitrogens is 2. The fourth-order valence-corrected chi connectivity index (χ4v) is 3.34. The predicted octanol–water partition coefficient (Wildman–Crippen LogP) is 3.37. The van der Waals surface area contributed by atoms with Crippen LogP contribution in [0.15, 0.2) is 30.3 Å². The zero-order chi connectivity index (χ0) is 17.5. The lowest BCUT2D eigenvalue weighted by Gasteiger charge is -2.45. The summed E-state index contributed by atoms with van der Waals surface area (Å²) < 4.78 is 7.64. The molecule has 0 aliphatic carbocycles. The van der Waals surface area contributed by atoms with Crippen molar-refractivity contribution in [3.05, 3.63) is 52.3 Å². The molecule has 24 heavy (non-hydrogen) atoms. The molecule has 2 heterocycles. The van der Waals surface area contributed by atoms with Crippen molar-refractivity contribution in [2.75, 3.05) is 13.2 Å². The summed E-state index contributed by atoms with van der Waals surface area (Å²) in [5, 5.41) is 4.94. The molecular weight excluding hydrogens is 326 g/mol. The Morgan fingerprint density at radius 3 is 2.71 bits per heavy atom. The molecule has 0 N–H and O–H groups in total. The first-order valence-electron chi connectivity index (χ1n) is 7.98. The highest BCUT2D eigenvalue weighted by molar-refractivity contribution is 6.31. The number of ether oxygens (including phenoxy) is 1. The number of halogens is 1. The highest BCUT2D eigenvalue weighted by Crippen LogP contribution is 2.34. The van der Waals surface area contributed by atoms with E-state index < -0.39 is 5.54 Å². The molecule has 5 nitrogen and oxygen atoms in total. The topological polar surface area (TPSA) is 47.4 Å². The van der Waals surface area contributed by atoms with Gasteiger partial charge >= 0.3 is 0 Å². The van der Waals surface area contributed by atoms with E-state index in [2.05, 4.69) is 5.10 Å². The zero-order valence-corrected chi connectivity index (χ0v) is 15.2. The third kappa shape index (κ3) is 3.06. The van der Waals surface area contributed by atoms with Crippen molar-refractivity contribution in [1.29, 1.82) is 0 Å². The van der Waals surface area contributed by atoms with Gasteiger partial charge in [0.15, 0.2) is 0 Å². The van der Waals surface area contributed by atoms with E-state index in [1.807, 2.05) is 56.0 Å². The number of benzene rings is 1. The van der Waals surface area contributed by atoms with Crippen molar-refractivity contribution in [1.82, 2.24) is 14.7 Å². The minimum Gasteiger partial charge on any atom is -0.369 e. The molecule has 1 fully saturated rings. The Balaban J connectivity index is 1.91. The van der Waals surface area contributed by atoms with E-state index in [1.54, 1.807) is 11.7 Å². The van der Waals surface area contributed by atoms with Gasteiger partial charge in [-0.25, -0.2) is 0 Å². The third-order valence-corrected chi connectivity index (χ3v) is 4.78. The molecule has 1 atom stereocenters. The van der Waals surface area contributed by atoms with Gasteiger partial charge < -0.3 is 9.64 Å². The third-order valence-electron chi connectivity index (χ3n) is 4.44. The van der Waals surface area contributed by atoms with Crippen LogP contribution in [0.25, 0.3) is 0 Å². The lowest BCUT2D eigenvalue weighted by molar-refractivity contribution is -0.0849. The molecule has 1 aliphatic rings. The fraction of sp³-hybridized carbons (Fsp3) is 0.444. The van der Waals surface area contributed by atoms with Gasteiger partial charge in [0, 0.05) is 17.6 Å². The van der Waals surface area contributed by atoms with Gasteiger partial charge in [0.05, 0.1) is 24.4 Å². The first kappa shape index (κ1) is 17.0. The summed E-state index contributed by atoms with van der Waals surface area (Å²) in [6.45, 7) is 6.81. The predicted molar refractivity (Wildman–Crippen MR) is 93.2 cm³/mol.